The fourth-order valence-electron chi connectivity index (χ4n) is 7.77. The SMILES string of the molecule is c1ccc(-c2ccc(-c3ccc(N(c4ccccc4-c4ccc5ccccc5c4)c4ccccc4-c4ccc5oc6ccccc6c5c4)cc3)cc2)cc1. The Morgan fingerprint density at radius 2 is 0.778 bits per heavy atom. The fraction of sp³-hybridized carbons (Fsp3) is 0. The third-order valence-corrected chi connectivity index (χ3v) is 10.5. The van der Waals surface area contributed by atoms with Crippen LogP contribution in [0.15, 0.2) is 217 Å². The van der Waals surface area contributed by atoms with E-state index in [0.717, 1.165) is 55.7 Å². The zero-order valence-electron chi connectivity index (χ0n) is 29.6. The lowest BCUT2D eigenvalue weighted by Gasteiger charge is -2.30. The van der Waals surface area contributed by atoms with Crippen LogP contribution in [0, 0.1) is 0 Å². The predicted molar refractivity (Wildman–Crippen MR) is 228 cm³/mol. The van der Waals surface area contributed by atoms with Gasteiger partial charge < -0.3 is 9.32 Å². The molecule has 0 amide bonds. The highest BCUT2D eigenvalue weighted by Gasteiger charge is 2.21. The van der Waals surface area contributed by atoms with Gasteiger partial charge in [-0.05, 0) is 92.7 Å². The molecule has 1 heterocycles. The normalized spacial score (nSPS) is 11.3. The van der Waals surface area contributed by atoms with Gasteiger partial charge in [0.25, 0.3) is 0 Å². The maximum Gasteiger partial charge on any atom is 0.135 e. The van der Waals surface area contributed by atoms with Gasteiger partial charge >= 0.3 is 0 Å². The highest BCUT2D eigenvalue weighted by atomic mass is 16.3. The summed E-state index contributed by atoms with van der Waals surface area (Å²) >= 11 is 0. The fourth-order valence-corrected chi connectivity index (χ4v) is 7.77. The summed E-state index contributed by atoms with van der Waals surface area (Å²) < 4.78 is 6.22. The number of hydrogen-bond donors (Lipinski definition) is 0. The van der Waals surface area contributed by atoms with E-state index < -0.39 is 0 Å². The Labute approximate surface area is 314 Å². The molecule has 0 radical (unpaired) electrons. The molecule has 0 aliphatic heterocycles. The smallest absolute Gasteiger partial charge is 0.135 e. The zero-order chi connectivity index (χ0) is 35.8. The maximum atomic E-state index is 6.22. The van der Waals surface area contributed by atoms with Crippen molar-refractivity contribution < 1.29 is 4.42 Å². The van der Waals surface area contributed by atoms with Crippen molar-refractivity contribution in [1.82, 2.24) is 0 Å². The van der Waals surface area contributed by atoms with Crippen molar-refractivity contribution in [1.29, 1.82) is 0 Å². The van der Waals surface area contributed by atoms with Crippen molar-refractivity contribution in [3.05, 3.63) is 212 Å². The van der Waals surface area contributed by atoms with Crippen molar-refractivity contribution in [3.8, 4) is 44.5 Å². The molecule has 0 N–H and O–H groups in total. The van der Waals surface area contributed by atoms with E-state index in [2.05, 4.69) is 205 Å². The first-order valence-electron chi connectivity index (χ1n) is 18.4. The largest absolute Gasteiger partial charge is 0.456 e. The summed E-state index contributed by atoms with van der Waals surface area (Å²) in [4.78, 5) is 2.42. The molecule has 54 heavy (non-hydrogen) atoms. The van der Waals surface area contributed by atoms with Gasteiger partial charge in [0.1, 0.15) is 11.2 Å². The van der Waals surface area contributed by atoms with Gasteiger partial charge in [-0.2, -0.15) is 0 Å². The van der Waals surface area contributed by atoms with E-state index in [1.54, 1.807) is 0 Å². The summed E-state index contributed by atoms with van der Waals surface area (Å²) in [6, 6.07) is 76.0. The van der Waals surface area contributed by atoms with Crippen LogP contribution in [-0.2, 0) is 0 Å². The lowest BCUT2D eigenvalue weighted by molar-refractivity contribution is 0.669. The second-order valence-electron chi connectivity index (χ2n) is 13.7. The molecule has 0 aliphatic carbocycles. The zero-order valence-corrected chi connectivity index (χ0v) is 29.6. The standard InChI is InChI=1S/C52H35NO/c1-2-12-36(13-3-1)38-22-24-39(25-23-38)40-28-31-44(32-29-40)53(49-19-9-6-16-45(49)42-27-26-37-14-4-5-15-41(37)34-42)50-20-10-7-17-46(50)43-30-33-52-48(35-43)47-18-8-11-21-51(47)54-52/h1-35H. The first-order valence-corrected chi connectivity index (χ1v) is 18.4. The molecule has 0 atom stereocenters. The van der Waals surface area contributed by atoms with Gasteiger partial charge in [0.15, 0.2) is 0 Å². The Morgan fingerprint density at radius 1 is 0.296 bits per heavy atom. The predicted octanol–water partition coefficient (Wildman–Crippen LogP) is 14.9. The minimum atomic E-state index is 0.892. The van der Waals surface area contributed by atoms with E-state index in [9.17, 15) is 0 Å². The third-order valence-electron chi connectivity index (χ3n) is 10.5. The van der Waals surface area contributed by atoms with Gasteiger partial charge in [0, 0.05) is 27.6 Å². The molecular formula is C52H35NO. The van der Waals surface area contributed by atoms with Crippen LogP contribution < -0.4 is 4.90 Å². The molecule has 254 valence electrons. The number of furan rings is 1. The van der Waals surface area contributed by atoms with Crippen LogP contribution in [0.5, 0.6) is 0 Å². The van der Waals surface area contributed by atoms with Gasteiger partial charge in [-0.3, -0.25) is 0 Å². The van der Waals surface area contributed by atoms with E-state index in [1.807, 2.05) is 12.1 Å². The van der Waals surface area contributed by atoms with Gasteiger partial charge in [-0.15, -0.1) is 0 Å². The number of benzene rings is 9. The Balaban J connectivity index is 1.12. The highest BCUT2D eigenvalue weighted by molar-refractivity contribution is 6.07. The molecule has 0 saturated heterocycles. The molecule has 0 saturated carbocycles. The van der Waals surface area contributed by atoms with Gasteiger partial charge in [0.2, 0.25) is 0 Å². The summed E-state index contributed by atoms with van der Waals surface area (Å²) in [6.07, 6.45) is 0. The van der Waals surface area contributed by atoms with E-state index in [0.29, 0.717) is 0 Å². The van der Waals surface area contributed by atoms with E-state index in [1.165, 1.54) is 38.6 Å². The molecule has 0 aliphatic rings. The van der Waals surface area contributed by atoms with Crippen LogP contribution in [0.25, 0.3) is 77.2 Å². The second-order valence-corrected chi connectivity index (χ2v) is 13.7. The molecule has 2 heteroatoms. The monoisotopic (exact) mass is 689 g/mol. The minimum absolute atomic E-state index is 0.892. The molecule has 9 aromatic carbocycles. The topological polar surface area (TPSA) is 16.4 Å². The summed E-state index contributed by atoms with van der Waals surface area (Å²) in [5, 5.41) is 4.69. The van der Waals surface area contributed by atoms with Crippen LogP contribution in [0.2, 0.25) is 0 Å². The van der Waals surface area contributed by atoms with Gasteiger partial charge in [0.05, 0.1) is 11.4 Å². The Kier molecular flexibility index (Phi) is 7.85. The lowest BCUT2D eigenvalue weighted by atomic mass is 9.96. The van der Waals surface area contributed by atoms with Crippen LogP contribution in [0.1, 0.15) is 0 Å². The second kappa shape index (κ2) is 13.4. The Bertz CT molecular complexity index is 2920. The Morgan fingerprint density at radius 3 is 1.48 bits per heavy atom. The summed E-state index contributed by atoms with van der Waals surface area (Å²) in [5.41, 5.74) is 14.5. The van der Waals surface area contributed by atoms with Crippen molar-refractivity contribution in [2.24, 2.45) is 0 Å². The van der Waals surface area contributed by atoms with Crippen molar-refractivity contribution in [3.63, 3.8) is 0 Å². The van der Waals surface area contributed by atoms with Crippen molar-refractivity contribution >= 4 is 49.8 Å². The average molecular weight is 690 g/mol. The van der Waals surface area contributed by atoms with E-state index in [4.69, 9.17) is 4.42 Å². The summed E-state index contributed by atoms with van der Waals surface area (Å²) in [5.74, 6) is 0. The highest BCUT2D eigenvalue weighted by Crippen LogP contribution is 2.46. The number of fused-ring (bicyclic) bond motifs is 4. The number of para-hydroxylation sites is 3. The number of nitrogens with zero attached hydrogens (tertiary/aromatic N) is 1. The van der Waals surface area contributed by atoms with E-state index >= 15 is 0 Å². The van der Waals surface area contributed by atoms with E-state index in [-0.39, 0.29) is 0 Å². The summed E-state index contributed by atoms with van der Waals surface area (Å²) in [7, 11) is 0. The molecule has 0 spiro atoms. The number of anilines is 3. The molecule has 10 rings (SSSR count). The van der Waals surface area contributed by atoms with Crippen LogP contribution >= 0.6 is 0 Å². The van der Waals surface area contributed by atoms with Crippen LogP contribution in [-0.4, -0.2) is 0 Å². The molecule has 10 aromatic rings. The third kappa shape index (κ3) is 5.71. The Hall–Kier alpha value is -7.16. The van der Waals surface area contributed by atoms with Gasteiger partial charge in [-0.1, -0.05) is 164 Å². The summed E-state index contributed by atoms with van der Waals surface area (Å²) in [6.45, 7) is 0. The first-order chi connectivity index (χ1) is 26.8. The molecule has 2 nitrogen and oxygen atoms in total. The molecule has 0 bridgehead atoms. The lowest BCUT2D eigenvalue weighted by Crippen LogP contribution is -2.12. The van der Waals surface area contributed by atoms with Gasteiger partial charge in [-0.25, -0.2) is 0 Å². The number of rotatable bonds is 7. The van der Waals surface area contributed by atoms with Crippen LogP contribution in [0.3, 0.4) is 0 Å². The molecule has 0 fully saturated rings. The average Bonchev–Trinajstić information content (AvgIpc) is 3.63. The van der Waals surface area contributed by atoms with Crippen LogP contribution in [0.4, 0.5) is 17.1 Å². The first kappa shape index (κ1) is 31.6. The molecular weight excluding hydrogens is 655 g/mol. The minimum Gasteiger partial charge on any atom is -0.456 e. The number of hydrogen-bond acceptors (Lipinski definition) is 2. The van der Waals surface area contributed by atoms with Crippen molar-refractivity contribution in [2.45, 2.75) is 0 Å². The molecule has 1 aromatic heterocycles. The quantitative estimate of drug-likeness (QED) is 0.166. The maximum absolute atomic E-state index is 6.22. The van der Waals surface area contributed by atoms with Crippen molar-refractivity contribution in [2.75, 3.05) is 4.90 Å². The molecule has 0 unspecified atom stereocenters.